The van der Waals surface area contributed by atoms with Crippen LogP contribution in [-0.4, -0.2) is 73.4 Å². The fraction of sp³-hybridized carbons (Fsp3) is 0.464. The molecule has 12 heteroatoms. The molecule has 2 aromatic carbocycles. The van der Waals surface area contributed by atoms with Crippen LogP contribution in [0.15, 0.2) is 47.4 Å². The maximum absolute atomic E-state index is 13.8. The first-order valence-electron chi connectivity index (χ1n) is 13.6. The third-order valence-corrected chi connectivity index (χ3v) is 9.30. The summed E-state index contributed by atoms with van der Waals surface area (Å²) < 4.78 is 35.0. The molecule has 0 radical (unpaired) electrons. The molecule has 0 amide bonds. The van der Waals surface area contributed by atoms with Gasteiger partial charge < -0.3 is 25.4 Å². The smallest absolute Gasteiger partial charge is 0.303 e. The van der Waals surface area contributed by atoms with E-state index in [0.29, 0.717) is 43.2 Å². The summed E-state index contributed by atoms with van der Waals surface area (Å²) >= 11 is 0. The van der Waals surface area contributed by atoms with Crippen LogP contribution in [0.3, 0.4) is 0 Å². The number of fused-ring (bicyclic) bond motifs is 1. The molecular formula is C28H38N6O5S. The zero-order valence-corrected chi connectivity index (χ0v) is 23.6. The zero-order chi connectivity index (χ0) is 28.9. The number of aliphatic carboxylic acids is 1. The quantitative estimate of drug-likeness (QED) is 0.250. The Morgan fingerprint density at radius 1 is 1.07 bits per heavy atom. The van der Waals surface area contributed by atoms with Gasteiger partial charge in [0.2, 0.25) is 0 Å². The number of carbonyl (C=O) groups is 1. The fourth-order valence-corrected chi connectivity index (χ4v) is 6.64. The lowest BCUT2D eigenvalue weighted by atomic mass is 9.99. The van der Waals surface area contributed by atoms with Crippen LogP contribution >= 0.6 is 0 Å². The van der Waals surface area contributed by atoms with Gasteiger partial charge in [0.25, 0.3) is 10.0 Å². The number of ether oxygens (including phenoxy) is 1. The van der Waals surface area contributed by atoms with Crippen LogP contribution in [-0.2, 0) is 27.8 Å². The van der Waals surface area contributed by atoms with E-state index >= 15 is 0 Å². The van der Waals surface area contributed by atoms with Gasteiger partial charge in [-0.2, -0.15) is 0 Å². The summed E-state index contributed by atoms with van der Waals surface area (Å²) in [5.74, 6) is 0.198. The van der Waals surface area contributed by atoms with Gasteiger partial charge in [0.15, 0.2) is 5.96 Å². The Balaban J connectivity index is 1.52. The average Bonchev–Trinajstić information content (AvgIpc) is 2.94. The second-order valence-electron chi connectivity index (χ2n) is 10.2. The van der Waals surface area contributed by atoms with Gasteiger partial charge in [0.05, 0.1) is 16.4 Å². The number of anilines is 1. The Labute approximate surface area is 235 Å². The lowest BCUT2D eigenvalue weighted by molar-refractivity contribution is -0.137. The maximum atomic E-state index is 13.8. The molecule has 0 saturated carbocycles. The van der Waals surface area contributed by atoms with Gasteiger partial charge >= 0.3 is 5.97 Å². The van der Waals surface area contributed by atoms with Crippen molar-refractivity contribution in [2.24, 2.45) is 5.73 Å². The van der Waals surface area contributed by atoms with Crippen LogP contribution in [0.1, 0.15) is 50.2 Å². The van der Waals surface area contributed by atoms with Gasteiger partial charge in [0.1, 0.15) is 11.9 Å². The van der Waals surface area contributed by atoms with E-state index in [2.05, 4.69) is 4.90 Å². The van der Waals surface area contributed by atoms with Crippen molar-refractivity contribution in [1.82, 2.24) is 9.80 Å². The van der Waals surface area contributed by atoms with E-state index in [-0.39, 0.29) is 36.3 Å². The average molecular weight is 571 g/mol. The van der Waals surface area contributed by atoms with Crippen molar-refractivity contribution in [2.45, 2.75) is 63.0 Å². The number of carboxylic acids is 1. The maximum Gasteiger partial charge on any atom is 0.303 e. The van der Waals surface area contributed by atoms with E-state index in [9.17, 15) is 13.2 Å². The molecular weight excluding hydrogens is 532 g/mol. The number of hydrogen-bond acceptors (Lipinski definition) is 6. The lowest BCUT2D eigenvalue weighted by Gasteiger charge is -2.33. The first-order chi connectivity index (χ1) is 19.1. The highest BCUT2D eigenvalue weighted by Crippen LogP contribution is 2.30. The van der Waals surface area contributed by atoms with Gasteiger partial charge in [-0.1, -0.05) is 13.0 Å². The molecule has 4 rings (SSSR count). The zero-order valence-electron chi connectivity index (χ0n) is 22.8. The summed E-state index contributed by atoms with van der Waals surface area (Å²) in [5, 5.41) is 24.9. The van der Waals surface area contributed by atoms with Crippen molar-refractivity contribution < 1.29 is 23.1 Å². The molecule has 0 spiro atoms. The molecule has 0 atom stereocenters. The summed E-state index contributed by atoms with van der Waals surface area (Å²) in [6.07, 6.45) is 2.98. The van der Waals surface area contributed by atoms with Gasteiger partial charge in [-0.05, 0) is 60.4 Å². The molecule has 0 bridgehead atoms. The summed E-state index contributed by atoms with van der Waals surface area (Å²) in [7, 11) is -4.00. The number of piperidine rings is 1. The standard InChI is InChI=1S/C28H38N6O5S/c1-2-26(29)32-16-12-24(13-17-32)39-23-7-9-25(10-8-23)40(37,38)34(14-3-4-27(35)36)22-6-5-20-11-15-33(28(30)31)19-21(20)18-22/h5-10,18,24,29H,2-4,11-17,19H2,1H3,(H3,30,31)(H,35,36). The minimum atomic E-state index is -4.00. The molecule has 11 nitrogen and oxygen atoms in total. The Bertz CT molecular complexity index is 1340. The number of nitrogens with two attached hydrogens (primary N) is 1. The van der Waals surface area contributed by atoms with Crippen LogP contribution in [0.2, 0.25) is 0 Å². The molecule has 2 aliphatic heterocycles. The highest BCUT2D eigenvalue weighted by Gasteiger charge is 2.27. The first kappa shape index (κ1) is 29.2. The van der Waals surface area contributed by atoms with Crippen molar-refractivity contribution in [2.75, 3.05) is 30.5 Å². The Kier molecular flexibility index (Phi) is 9.18. The number of hydrogen-bond donors (Lipinski definition) is 4. The third kappa shape index (κ3) is 6.85. The highest BCUT2D eigenvalue weighted by molar-refractivity contribution is 7.92. The molecule has 2 aliphatic rings. The number of likely N-dealkylation sites (tertiary alicyclic amines) is 1. The van der Waals surface area contributed by atoms with Crippen LogP contribution in [0.4, 0.5) is 5.69 Å². The number of carboxylic acid groups (broad SMARTS) is 1. The third-order valence-electron chi connectivity index (χ3n) is 7.46. The monoisotopic (exact) mass is 570 g/mol. The van der Waals surface area contributed by atoms with E-state index in [4.69, 9.17) is 26.4 Å². The molecule has 5 N–H and O–H groups in total. The SMILES string of the molecule is CCC(=N)N1CCC(Oc2ccc(S(=O)(=O)N(CCCC(=O)O)c3ccc4c(c3)CN(C(=N)N)CC4)cc2)CC1. The molecule has 0 aromatic heterocycles. The number of rotatable bonds is 10. The molecule has 1 fully saturated rings. The molecule has 0 aliphatic carbocycles. The van der Waals surface area contributed by atoms with E-state index < -0.39 is 16.0 Å². The number of amidine groups is 1. The summed E-state index contributed by atoms with van der Waals surface area (Å²) in [5.41, 5.74) is 8.09. The van der Waals surface area contributed by atoms with E-state index in [0.717, 1.165) is 37.1 Å². The lowest BCUT2D eigenvalue weighted by Crippen LogP contribution is -2.41. The minimum Gasteiger partial charge on any atom is -0.490 e. The van der Waals surface area contributed by atoms with E-state index in [1.165, 1.54) is 16.4 Å². The van der Waals surface area contributed by atoms with Crippen molar-refractivity contribution in [3.8, 4) is 5.75 Å². The van der Waals surface area contributed by atoms with Crippen LogP contribution in [0.25, 0.3) is 0 Å². The Morgan fingerprint density at radius 2 is 1.77 bits per heavy atom. The summed E-state index contributed by atoms with van der Waals surface area (Å²) in [6.45, 7) is 4.54. The van der Waals surface area contributed by atoms with Gasteiger partial charge in [0, 0.05) is 58.4 Å². The van der Waals surface area contributed by atoms with Crippen molar-refractivity contribution in [1.29, 1.82) is 10.8 Å². The van der Waals surface area contributed by atoms with Crippen LogP contribution in [0.5, 0.6) is 5.75 Å². The molecule has 2 heterocycles. The van der Waals surface area contributed by atoms with Gasteiger partial charge in [-0.15, -0.1) is 0 Å². The Hall–Kier alpha value is -3.80. The largest absolute Gasteiger partial charge is 0.490 e. The highest BCUT2D eigenvalue weighted by atomic mass is 32.2. The summed E-state index contributed by atoms with van der Waals surface area (Å²) in [4.78, 5) is 15.0. The van der Waals surface area contributed by atoms with Crippen LogP contribution in [0, 0.1) is 10.8 Å². The number of nitrogens with zero attached hydrogens (tertiary/aromatic N) is 3. The van der Waals surface area contributed by atoms with Crippen molar-refractivity contribution in [3.05, 3.63) is 53.6 Å². The number of guanidine groups is 1. The topological polar surface area (TPSA) is 164 Å². The molecule has 0 unspecified atom stereocenters. The predicted octanol–water partition coefficient (Wildman–Crippen LogP) is 3.23. The van der Waals surface area contributed by atoms with E-state index in [1.54, 1.807) is 29.2 Å². The van der Waals surface area contributed by atoms with Crippen molar-refractivity contribution in [3.63, 3.8) is 0 Å². The fourth-order valence-electron chi connectivity index (χ4n) is 5.14. The predicted molar refractivity (Wildman–Crippen MR) is 154 cm³/mol. The van der Waals surface area contributed by atoms with Gasteiger partial charge in [-0.3, -0.25) is 19.9 Å². The first-order valence-corrected chi connectivity index (χ1v) is 15.1. The molecule has 1 saturated heterocycles. The van der Waals surface area contributed by atoms with Crippen LogP contribution < -0.4 is 14.8 Å². The minimum absolute atomic E-state index is 0.000874. The number of benzene rings is 2. The molecule has 216 valence electrons. The van der Waals surface area contributed by atoms with Gasteiger partial charge in [-0.25, -0.2) is 8.42 Å². The number of sulfonamides is 1. The molecule has 40 heavy (non-hydrogen) atoms. The Morgan fingerprint density at radius 3 is 2.40 bits per heavy atom. The molecule has 2 aromatic rings. The summed E-state index contributed by atoms with van der Waals surface area (Å²) in [6, 6.07) is 11.8. The van der Waals surface area contributed by atoms with E-state index in [1.807, 2.05) is 13.0 Å². The second kappa shape index (κ2) is 12.6. The second-order valence-corrected chi connectivity index (χ2v) is 12.0. The number of nitrogens with one attached hydrogen (secondary N) is 2. The van der Waals surface area contributed by atoms with Crippen molar-refractivity contribution >= 4 is 33.5 Å². The normalized spacial score (nSPS) is 15.8.